The Morgan fingerprint density at radius 2 is 2.20 bits per heavy atom. The van der Waals surface area contributed by atoms with Gasteiger partial charge in [-0.05, 0) is 49.6 Å². The maximum absolute atomic E-state index is 5.36. The summed E-state index contributed by atoms with van der Waals surface area (Å²) in [6, 6.07) is 9.04. The van der Waals surface area contributed by atoms with Crippen LogP contribution in [-0.4, -0.2) is 22.9 Å². The highest BCUT2D eigenvalue weighted by Gasteiger charge is 2.21. The van der Waals surface area contributed by atoms with E-state index in [1.165, 1.54) is 29.7 Å². The fourth-order valence-corrected chi connectivity index (χ4v) is 2.45. The van der Waals surface area contributed by atoms with Gasteiger partial charge in [-0.2, -0.15) is 5.10 Å². The largest absolute Gasteiger partial charge is 0.497 e. The lowest BCUT2D eigenvalue weighted by Crippen LogP contribution is -2.16. The molecule has 1 fully saturated rings. The topological polar surface area (TPSA) is 39.1 Å². The van der Waals surface area contributed by atoms with Crippen LogP contribution in [0.4, 0.5) is 0 Å². The molecule has 0 aliphatic heterocycles. The maximum atomic E-state index is 5.36. The third-order valence-electron chi connectivity index (χ3n) is 3.76. The summed E-state index contributed by atoms with van der Waals surface area (Å²) >= 11 is 0. The van der Waals surface area contributed by atoms with Crippen molar-refractivity contribution < 1.29 is 4.74 Å². The van der Waals surface area contributed by atoms with Gasteiger partial charge in [0.25, 0.3) is 0 Å². The minimum atomic E-state index is 0.699. The standard InChI is InChI=1S/C16H21N3O/c1-3-19-16(8-9-18-19)15-7-6-14(20-2)10-12(15)11-17-13-4-5-13/h6-10,13,17H,3-5,11H2,1-2H3. The smallest absolute Gasteiger partial charge is 0.119 e. The van der Waals surface area contributed by atoms with E-state index in [9.17, 15) is 0 Å². The predicted molar refractivity (Wildman–Crippen MR) is 79.8 cm³/mol. The Hall–Kier alpha value is -1.81. The van der Waals surface area contributed by atoms with Crippen molar-refractivity contribution in [3.8, 4) is 17.0 Å². The summed E-state index contributed by atoms with van der Waals surface area (Å²) in [5.74, 6) is 0.906. The average molecular weight is 271 g/mol. The lowest BCUT2D eigenvalue weighted by Gasteiger charge is -2.13. The van der Waals surface area contributed by atoms with Crippen LogP contribution in [0.5, 0.6) is 5.75 Å². The van der Waals surface area contributed by atoms with Crippen molar-refractivity contribution in [1.82, 2.24) is 15.1 Å². The number of rotatable bonds is 6. The number of nitrogens with one attached hydrogen (secondary N) is 1. The Bertz CT molecular complexity index is 587. The van der Waals surface area contributed by atoms with E-state index in [-0.39, 0.29) is 0 Å². The Morgan fingerprint density at radius 1 is 1.35 bits per heavy atom. The zero-order chi connectivity index (χ0) is 13.9. The van der Waals surface area contributed by atoms with Gasteiger partial charge >= 0.3 is 0 Å². The highest BCUT2D eigenvalue weighted by Crippen LogP contribution is 2.28. The van der Waals surface area contributed by atoms with Gasteiger partial charge in [0.05, 0.1) is 12.8 Å². The van der Waals surface area contributed by atoms with E-state index in [2.05, 4.69) is 35.5 Å². The van der Waals surface area contributed by atoms with Gasteiger partial charge in [0.15, 0.2) is 0 Å². The highest BCUT2D eigenvalue weighted by atomic mass is 16.5. The Morgan fingerprint density at radius 3 is 2.90 bits per heavy atom. The number of hydrogen-bond donors (Lipinski definition) is 1. The van der Waals surface area contributed by atoms with Gasteiger partial charge in [-0.15, -0.1) is 0 Å². The first-order valence-electron chi connectivity index (χ1n) is 7.24. The predicted octanol–water partition coefficient (Wildman–Crippen LogP) is 2.83. The van der Waals surface area contributed by atoms with Crippen molar-refractivity contribution in [2.45, 2.75) is 38.9 Å². The van der Waals surface area contributed by atoms with Gasteiger partial charge in [-0.25, -0.2) is 0 Å². The van der Waals surface area contributed by atoms with Crippen LogP contribution in [-0.2, 0) is 13.1 Å². The van der Waals surface area contributed by atoms with E-state index in [0.717, 1.165) is 18.8 Å². The van der Waals surface area contributed by atoms with Crippen LogP contribution in [0.3, 0.4) is 0 Å². The first-order valence-corrected chi connectivity index (χ1v) is 7.24. The van der Waals surface area contributed by atoms with Crippen LogP contribution in [0.25, 0.3) is 11.3 Å². The quantitative estimate of drug-likeness (QED) is 0.878. The molecule has 4 heteroatoms. The highest BCUT2D eigenvalue weighted by molar-refractivity contribution is 5.65. The van der Waals surface area contributed by atoms with Crippen molar-refractivity contribution in [2.75, 3.05) is 7.11 Å². The third kappa shape index (κ3) is 2.70. The minimum Gasteiger partial charge on any atom is -0.497 e. The van der Waals surface area contributed by atoms with E-state index in [4.69, 9.17) is 4.74 Å². The van der Waals surface area contributed by atoms with Crippen molar-refractivity contribution in [1.29, 1.82) is 0 Å². The van der Waals surface area contributed by atoms with Crippen molar-refractivity contribution >= 4 is 0 Å². The number of hydrogen-bond acceptors (Lipinski definition) is 3. The first kappa shape index (κ1) is 13.2. The van der Waals surface area contributed by atoms with Gasteiger partial charge in [-0.3, -0.25) is 4.68 Å². The van der Waals surface area contributed by atoms with Crippen LogP contribution >= 0.6 is 0 Å². The van der Waals surface area contributed by atoms with E-state index in [1.54, 1.807) is 7.11 Å². The number of aromatic nitrogens is 2. The minimum absolute atomic E-state index is 0.699. The molecule has 1 N–H and O–H groups in total. The number of aryl methyl sites for hydroxylation is 1. The Kier molecular flexibility index (Phi) is 3.74. The second-order valence-electron chi connectivity index (χ2n) is 5.21. The lowest BCUT2D eigenvalue weighted by atomic mass is 10.0. The molecular formula is C16H21N3O. The van der Waals surface area contributed by atoms with E-state index in [1.807, 2.05) is 16.9 Å². The molecule has 0 unspecified atom stereocenters. The molecule has 3 rings (SSSR count). The van der Waals surface area contributed by atoms with Crippen molar-refractivity contribution in [3.63, 3.8) is 0 Å². The molecule has 0 spiro atoms. The summed E-state index contributed by atoms with van der Waals surface area (Å²) < 4.78 is 7.39. The van der Waals surface area contributed by atoms with Crippen LogP contribution < -0.4 is 10.1 Å². The van der Waals surface area contributed by atoms with E-state index in [0.29, 0.717) is 6.04 Å². The lowest BCUT2D eigenvalue weighted by molar-refractivity contribution is 0.414. The summed E-state index contributed by atoms with van der Waals surface area (Å²) in [4.78, 5) is 0. The second kappa shape index (κ2) is 5.67. The fraction of sp³-hybridized carbons (Fsp3) is 0.438. The fourth-order valence-electron chi connectivity index (χ4n) is 2.45. The molecular weight excluding hydrogens is 250 g/mol. The zero-order valence-corrected chi connectivity index (χ0v) is 12.1. The maximum Gasteiger partial charge on any atom is 0.119 e. The molecule has 106 valence electrons. The van der Waals surface area contributed by atoms with Crippen LogP contribution in [0, 0.1) is 0 Å². The molecule has 20 heavy (non-hydrogen) atoms. The molecule has 1 aliphatic rings. The summed E-state index contributed by atoms with van der Waals surface area (Å²) in [6.45, 7) is 3.87. The third-order valence-corrected chi connectivity index (χ3v) is 3.76. The Balaban J connectivity index is 1.94. The van der Waals surface area contributed by atoms with E-state index < -0.39 is 0 Å². The molecule has 0 bridgehead atoms. The molecule has 1 aromatic carbocycles. The zero-order valence-electron chi connectivity index (χ0n) is 12.1. The van der Waals surface area contributed by atoms with Crippen LogP contribution in [0.2, 0.25) is 0 Å². The number of ether oxygens (including phenoxy) is 1. The van der Waals surface area contributed by atoms with Gasteiger partial charge in [0, 0.05) is 30.9 Å². The molecule has 1 aromatic heterocycles. The van der Waals surface area contributed by atoms with E-state index >= 15 is 0 Å². The summed E-state index contributed by atoms with van der Waals surface area (Å²) in [5.41, 5.74) is 3.67. The summed E-state index contributed by atoms with van der Waals surface area (Å²) in [6.07, 6.45) is 4.46. The SMILES string of the molecule is CCn1nccc1-c1ccc(OC)cc1CNC1CC1. The first-order chi connectivity index (χ1) is 9.81. The molecule has 0 amide bonds. The molecule has 0 atom stereocenters. The van der Waals surface area contributed by atoms with Crippen LogP contribution in [0.15, 0.2) is 30.5 Å². The number of methoxy groups -OCH3 is 1. The Labute approximate surface area is 119 Å². The summed E-state index contributed by atoms with van der Waals surface area (Å²) in [5, 5.41) is 7.95. The van der Waals surface area contributed by atoms with Crippen molar-refractivity contribution in [2.24, 2.45) is 0 Å². The number of benzene rings is 1. The van der Waals surface area contributed by atoms with Gasteiger partial charge < -0.3 is 10.1 Å². The molecule has 4 nitrogen and oxygen atoms in total. The van der Waals surface area contributed by atoms with Gasteiger partial charge in [0.1, 0.15) is 5.75 Å². The van der Waals surface area contributed by atoms with Crippen molar-refractivity contribution in [3.05, 3.63) is 36.0 Å². The average Bonchev–Trinajstić information content (AvgIpc) is 3.20. The molecule has 1 saturated carbocycles. The molecule has 1 aliphatic carbocycles. The van der Waals surface area contributed by atoms with Crippen LogP contribution in [0.1, 0.15) is 25.3 Å². The molecule has 1 heterocycles. The molecule has 0 saturated heterocycles. The normalized spacial score (nSPS) is 14.5. The van der Waals surface area contributed by atoms with Gasteiger partial charge in [-0.1, -0.05) is 0 Å². The monoisotopic (exact) mass is 271 g/mol. The van der Waals surface area contributed by atoms with Gasteiger partial charge in [0.2, 0.25) is 0 Å². The summed E-state index contributed by atoms with van der Waals surface area (Å²) in [7, 11) is 1.71. The molecule has 2 aromatic rings. The second-order valence-corrected chi connectivity index (χ2v) is 5.21. The molecule has 0 radical (unpaired) electrons. The number of nitrogens with zero attached hydrogens (tertiary/aromatic N) is 2.